The molecule has 3 rings (SSSR count). The lowest BCUT2D eigenvalue weighted by Gasteiger charge is -2.26. The Morgan fingerprint density at radius 2 is 2.44 bits per heavy atom. The monoisotopic (exact) mass is 245 g/mol. The summed E-state index contributed by atoms with van der Waals surface area (Å²) in [6.45, 7) is 3.27. The van der Waals surface area contributed by atoms with Crippen molar-refractivity contribution in [2.75, 3.05) is 13.2 Å². The quantitative estimate of drug-likeness (QED) is 0.878. The van der Waals surface area contributed by atoms with Crippen LogP contribution in [0.4, 0.5) is 0 Å². The summed E-state index contributed by atoms with van der Waals surface area (Å²) in [6, 6.07) is 2.05. The number of hydrogen-bond acceptors (Lipinski definition) is 3. The number of aryl methyl sites for hydroxylation is 1. The molecule has 3 heterocycles. The summed E-state index contributed by atoms with van der Waals surface area (Å²) in [4.78, 5) is 16.4. The summed E-state index contributed by atoms with van der Waals surface area (Å²) in [7, 11) is 0. The molecule has 1 amide bonds. The van der Waals surface area contributed by atoms with Crippen molar-refractivity contribution in [3.8, 4) is 0 Å². The first kappa shape index (κ1) is 11.2. The zero-order valence-corrected chi connectivity index (χ0v) is 10.2. The van der Waals surface area contributed by atoms with Gasteiger partial charge in [-0.25, -0.2) is 4.98 Å². The van der Waals surface area contributed by atoms with E-state index in [1.54, 1.807) is 6.20 Å². The summed E-state index contributed by atoms with van der Waals surface area (Å²) in [5, 5.41) is 2.95. The summed E-state index contributed by atoms with van der Waals surface area (Å²) in [6.07, 6.45) is 6.46. The molecule has 0 radical (unpaired) electrons. The van der Waals surface area contributed by atoms with Gasteiger partial charge in [0.2, 0.25) is 0 Å². The topological polar surface area (TPSA) is 55.6 Å². The zero-order chi connectivity index (χ0) is 12.5. The second kappa shape index (κ2) is 4.42. The van der Waals surface area contributed by atoms with Crippen molar-refractivity contribution in [2.45, 2.75) is 19.4 Å². The number of nitrogens with one attached hydrogen (secondary N) is 1. The minimum atomic E-state index is -0.0743. The molecule has 1 N–H and O–H groups in total. The number of carbonyl (C=O) groups is 1. The maximum Gasteiger partial charge on any atom is 0.255 e. The normalized spacial score (nSPS) is 15.6. The third-order valence-corrected chi connectivity index (χ3v) is 3.17. The Kier molecular flexibility index (Phi) is 2.76. The molecule has 2 aromatic rings. The van der Waals surface area contributed by atoms with Crippen LogP contribution in [0.5, 0.6) is 0 Å². The lowest BCUT2D eigenvalue weighted by Crippen LogP contribution is -2.48. The molecule has 0 atom stereocenters. The van der Waals surface area contributed by atoms with E-state index in [9.17, 15) is 4.79 Å². The van der Waals surface area contributed by atoms with Crippen LogP contribution in [0.25, 0.3) is 5.65 Å². The highest BCUT2D eigenvalue weighted by Gasteiger charge is 2.22. The van der Waals surface area contributed by atoms with Gasteiger partial charge in [0.15, 0.2) is 0 Å². The Labute approximate surface area is 105 Å². The van der Waals surface area contributed by atoms with Gasteiger partial charge in [0, 0.05) is 18.6 Å². The van der Waals surface area contributed by atoms with Gasteiger partial charge >= 0.3 is 0 Å². The molecule has 0 aromatic carbocycles. The minimum absolute atomic E-state index is 0.0743. The van der Waals surface area contributed by atoms with Crippen LogP contribution in [-0.4, -0.2) is 34.5 Å². The minimum Gasteiger partial charge on any atom is -0.377 e. The fraction of sp³-hybridized carbons (Fsp3) is 0.385. The smallest absolute Gasteiger partial charge is 0.255 e. The number of aromatic nitrogens is 2. The Morgan fingerprint density at radius 1 is 1.61 bits per heavy atom. The molecule has 1 aliphatic heterocycles. The van der Waals surface area contributed by atoms with Crippen LogP contribution in [-0.2, 0) is 11.2 Å². The second-order valence-corrected chi connectivity index (χ2v) is 4.48. The number of rotatable bonds is 3. The number of fused-ring (bicyclic) bond motifs is 1. The van der Waals surface area contributed by atoms with Gasteiger partial charge in [0.25, 0.3) is 5.91 Å². The number of ether oxygens (including phenoxy) is 1. The number of imidazole rings is 1. The first-order valence-corrected chi connectivity index (χ1v) is 6.12. The molecule has 5 nitrogen and oxygen atoms in total. The van der Waals surface area contributed by atoms with Gasteiger partial charge in [0.05, 0.1) is 24.8 Å². The van der Waals surface area contributed by atoms with Crippen LogP contribution in [0.15, 0.2) is 24.7 Å². The number of nitrogens with zero attached hydrogens (tertiary/aromatic N) is 2. The number of carbonyl (C=O) groups excluding carboxylic acids is 1. The molecule has 0 unspecified atom stereocenters. The van der Waals surface area contributed by atoms with E-state index in [0.717, 1.165) is 12.0 Å². The average Bonchev–Trinajstić information content (AvgIpc) is 2.80. The molecule has 1 aliphatic rings. The molecule has 5 heteroatoms. The molecular weight excluding hydrogens is 230 g/mol. The zero-order valence-electron chi connectivity index (χ0n) is 10.2. The predicted octanol–water partition coefficient (Wildman–Crippen LogP) is 1.03. The van der Waals surface area contributed by atoms with E-state index in [1.807, 2.05) is 22.9 Å². The van der Waals surface area contributed by atoms with Gasteiger partial charge in [-0.3, -0.25) is 4.79 Å². The van der Waals surface area contributed by atoms with Crippen LogP contribution in [0.2, 0.25) is 0 Å². The SMILES string of the molecule is CCc1cc(C(=O)NC2COC2)c2nccn2c1. The van der Waals surface area contributed by atoms with Crippen molar-refractivity contribution in [1.29, 1.82) is 0 Å². The molecule has 1 fully saturated rings. The number of hydrogen-bond donors (Lipinski definition) is 1. The van der Waals surface area contributed by atoms with Crippen molar-refractivity contribution in [3.63, 3.8) is 0 Å². The van der Waals surface area contributed by atoms with E-state index in [4.69, 9.17) is 4.74 Å². The van der Waals surface area contributed by atoms with Gasteiger partial charge in [-0.2, -0.15) is 0 Å². The molecule has 2 aromatic heterocycles. The maximum atomic E-state index is 12.2. The number of amides is 1. The molecule has 18 heavy (non-hydrogen) atoms. The molecule has 1 saturated heterocycles. The van der Waals surface area contributed by atoms with Crippen molar-refractivity contribution >= 4 is 11.6 Å². The molecule has 0 bridgehead atoms. The van der Waals surface area contributed by atoms with Gasteiger partial charge < -0.3 is 14.5 Å². The highest BCUT2D eigenvalue weighted by atomic mass is 16.5. The largest absolute Gasteiger partial charge is 0.377 e. The predicted molar refractivity (Wildman–Crippen MR) is 66.6 cm³/mol. The lowest BCUT2D eigenvalue weighted by atomic mass is 10.1. The van der Waals surface area contributed by atoms with Gasteiger partial charge in [-0.15, -0.1) is 0 Å². The molecule has 0 spiro atoms. The third kappa shape index (κ3) is 1.86. The highest BCUT2D eigenvalue weighted by Crippen LogP contribution is 2.14. The van der Waals surface area contributed by atoms with Crippen LogP contribution >= 0.6 is 0 Å². The van der Waals surface area contributed by atoms with Crippen LogP contribution in [0.3, 0.4) is 0 Å². The Hall–Kier alpha value is -1.88. The third-order valence-electron chi connectivity index (χ3n) is 3.17. The standard InChI is InChI=1S/C13H15N3O2/c1-2-9-5-11(12-14-3-4-16(12)6-9)13(17)15-10-7-18-8-10/h3-6,10H,2,7-8H2,1H3,(H,15,17). The lowest BCUT2D eigenvalue weighted by molar-refractivity contribution is -0.00344. The van der Waals surface area contributed by atoms with Gasteiger partial charge in [-0.1, -0.05) is 6.92 Å². The Morgan fingerprint density at radius 3 is 3.11 bits per heavy atom. The van der Waals surface area contributed by atoms with Crippen molar-refractivity contribution in [3.05, 3.63) is 35.8 Å². The van der Waals surface area contributed by atoms with Crippen LogP contribution in [0, 0.1) is 0 Å². The van der Waals surface area contributed by atoms with Crippen LogP contribution < -0.4 is 5.32 Å². The summed E-state index contributed by atoms with van der Waals surface area (Å²) in [5.41, 5.74) is 2.45. The van der Waals surface area contributed by atoms with E-state index < -0.39 is 0 Å². The molecular formula is C13H15N3O2. The molecule has 0 saturated carbocycles. The summed E-state index contributed by atoms with van der Waals surface area (Å²) < 4.78 is 6.95. The van der Waals surface area contributed by atoms with E-state index >= 15 is 0 Å². The van der Waals surface area contributed by atoms with Gasteiger partial charge in [-0.05, 0) is 18.1 Å². The van der Waals surface area contributed by atoms with E-state index in [-0.39, 0.29) is 11.9 Å². The fourth-order valence-corrected chi connectivity index (χ4v) is 2.03. The first-order valence-electron chi connectivity index (χ1n) is 6.12. The first-order chi connectivity index (χ1) is 8.78. The highest BCUT2D eigenvalue weighted by molar-refractivity contribution is 6.00. The Balaban J connectivity index is 1.97. The molecule has 0 aliphatic carbocycles. The van der Waals surface area contributed by atoms with Gasteiger partial charge in [0.1, 0.15) is 5.65 Å². The van der Waals surface area contributed by atoms with Crippen molar-refractivity contribution in [2.24, 2.45) is 0 Å². The Bertz CT molecular complexity index is 587. The van der Waals surface area contributed by atoms with E-state index in [0.29, 0.717) is 24.4 Å². The average molecular weight is 245 g/mol. The second-order valence-electron chi connectivity index (χ2n) is 4.48. The molecule has 94 valence electrons. The number of pyridine rings is 1. The van der Waals surface area contributed by atoms with Crippen LogP contribution in [0.1, 0.15) is 22.8 Å². The van der Waals surface area contributed by atoms with E-state index in [2.05, 4.69) is 17.2 Å². The van der Waals surface area contributed by atoms with E-state index in [1.165, 1.54) is 0 Å². The fourth-order valence-electron chi connectivity index (χ4n) is 2.03. The van der Waals surface area contributed by atoms with Crippen molar-refractivity contribution < 1.29 is 9.53 Å². The van der Waals surface area contributed by atoms with Crippen molar-refractivity contribution in [1.82, 2.24) is 14.7 Å². The summed E-state index contributed by atoms with van der Waals surface area (Å²) in [5.74, 6) is -0.0743. The summed E-state index contributed by atoms with van der Waals surface area (Å²) >= 11 is 0. The maximum absolute atomic E-state index is 12.2.